The van der Waals surface area contributed by atoms with E-state index < -0.39 is 0 Å². The Kier molecular flexibility index (Phi) is 4.20. The first-order chi connectivity index (χ1) is 10.1. The van der Waals surface area contributed by atoms with Crippen LogP contribution < -0.4 is 0 Å². The summed E-state index contributed by atoms with van der Waals surface area (Å²) >= 11 is 15.5. The Hall–Kier alpha value is -1.10. The minimum atomic E-state index is 0.0786. The summed E-state index contributed by atoms with van der Waals surface area (Å²) < 4.78 is 3.10. The SMILES string of the molecule is CC(c1cccc(Br)c1)n1c(CCl)nc2cc(Cl)cnc21. The molecular formula is C15H12BrCl2N3. The van der Waals surface area contributed by atoms with Crippen molar-refractivity contribution in [1.29, 1.82) is 0 Å². The molecule has 1 aromatic carbocycles. The highest BCUT2D eigenvalue weighted by atomic mass is 79.9. The van der Waals surface area contributed by atoms with E-state index in [0.717, 1.165) is 27.0 Å². The summed E-state index contributed by atoms with van der Waals surface area (Å²) in [5.41, 5.74) is 2.72. The molecule has 3 nitrogen and oxygen atoms in total. The van der Waals surface area contributed by atoms with Crippen molar-refractivity contribution in [2.45, 2.75) is 18.8 Å². The first-order valence-electron chi connectivity index (χ1n) is 6.44. The Morgan fingerprint density at radius 1 is 1.33 bits per heavy atom. The number of halogens is 3. The van der Waals surface area contributed by atoms with Gasteiger partial charge < -0.3 is 4.57 Å². The smallest absolute Gasteiger partial charge is 0.160 e. The van der Waals surface area contributed by atoms with Crippen LogP contribution in [0.1, 0.15) is 24.4 Å². The van der Waals surface area contributed by atoms with Gasteiger partial charge in [0.15, 0.2) is 5.65 Å². The van der Waals surface area contributed by atoms with E-state index in [0.29, 0.717) is 10.9 Å². The minimum Gasteiger partial charge on any atom is -0.304 e. The van der Waals surface area contributed by atoms with E-state index in [1.54, 1.807) is 6.20 Å². The molecule has 0 saturated carbocycles. The standard InChI is InChI=1S/C15H12BrCl2N3/c1-9(10-3-2-4-11(16)5-10)21-14(7-17)20-13-6-12(18)8-19-15(13)21/h2-6,8-9H,7H2,1H3. The first-order valence-corrected chi connectivity index (χ1v) is 8.14. The van der Waals surface area contributed by atoms with Crippen LogP contribution in [0.25, 0.3) is 11.2 Å². The molecule has 0 bridgehead atoms. The average Bonchev–Trinajstić information content (AvgIpc) is 2.83. The summed E-state index contributed by atoms with van der Waals surface area (Å²) in [4.78, 5) is 8.95. The van der Waals surface area contributed by atoms with Gasteiger partial charge in [-0.25, -0.2) is 9.97 Å². The van der Waals surface area contributed by atoms with Crippen molar-refractivity contribution in [1.82, 2.24) is 14.5 Å². The van der Waals surface area contributed by atoms with Crippen LogP contribution in [0.2, 0.25) is 5.02 Å². The zero-order chi connectivity index (χ0) is 15.0. The fourth-order valence-electron chi connectivity index (χ4n) is 2.42. The van der Waals surface area contributed by atoms with Crippen molar-refractivity contribution in [3.05, 3.63) is 57.4 Å². The normalized spacial score (nSPS) is 12.8. The lowest BCUT2D eigenvalue weighted by Gasteiger charge is -2.17. The van der Waals surface area contributed by atoms with Gasteiger partial charge in [0.1, 0.15) is 11.3 Å². The predicted molar refractivity (Wildman–Crippen MR) is 90.1 cm³/mol. The van der Waals surface area contributed by atoms with E-state index >= 15 is 0 Å². The Balaban J connectivity index is 2.18. The maximum absolute atomic E-state index is 6.05. The number of imidazole rings is 1. The summed E-state index contributed by atoms with van der Waals surface area (Å²) in [6.45, 7) is 2.11. The third-order valence-electron chi connectivity index (χ3n) is 3.41. The van der Waals surface area contributed by atoms with E-state index in [-0.39, 0.29) is 6.04 Å². The van der Waals surface area contributed by atoms with Crippen LogP contribution in [0.3, 0.4) is 0 Å². The fourth-order valence-corrected chi connectivity index (χ4v) is 3.18. The van der Waals surface area contributed by atoms with Crippen LogP contribution >= 0.6 is 39.1 Å². The lowest BCUT2D eigenvalue weighted by molar-refractivity contribution is 0.628. The summed E-state index contributed by atoms with van der Waals surface area (Å²) in [6, 6.07) is 10.1. The van der Waals surface area contributed by atoms with Crippen LogP contribution in [-0.4, -0.2) is 14.5 Å². The number of fused-ring (bicyclic) bond motifs is 1. The predicted octanol–water partition coefficient (Wildman–Crippen LogP) is 5.20. The van der Waals surface area contributed by atoms with Crippen LogP contribution in [0, 0.1) is 0 Å². The molecule has 108 valence electrons. The van der Waals surface area contributed by atoms with E-state index in [1.165, 1.54) is 0 Å². The molecule has 0 amide bonds. The molecule has 6 heteroatoms. The monoisotopic (exact) mass is 383 g/mol. The van der Waals surface area contributed by atoms with E-state index in [9.17, 15) is 0 Å². The molecule has 0 radical (unpaired) electrons. The molecular weight excluding hydrogens is 373 g/mol. The Labute approximate surface area is 141 Å². The van der Waals surface area contributed by atoms with Crippen molar-refractivity contribution in [3.63, 3.8) is 0 Å². The summed E-state index contributed by atoms with van der Waals surface area (Å²) in [7, 11) is 0. The maximum atomic E-state index is 6.05. The van der Waals surface area contributed by atoms with Gasteiger partial charge in [-0.15, -0.1) is 11.6 Å². The molecule has 0 aliphatic heterocycles. The second-order valence-electron chi connectivity index (χ2n) is 4.76. The Morgan fingerprint density at radius 2 is 2.14 bits per heavy atom. The van der Waals surface area contributed by atoms with Crippen molar-refractivity contribution >= 4 is 50.3 Å². The molecule has 2 heterocycles. The average molecular weight is 385 g/mol. The highest BCUT2D eigenvalue weighted by Crippen LogP contribution is 2.28. The van der Waals surface area contributed by atoms with Gasteiger partial charge in [-0.1, -0.05) is 39.7 Å². The summed E-state index contributed by atoms with van der Waals surface area (Å²) in [5.74, 6) is 1.11. The molecule has 1 unspecified atom stereocenters. The molecule has 0 spiro atoms. The van der Waals surface area contributed by atoms with Crippen molar-refractivity contribution in [2.24, 2.45) is 0 Å². The number of nitrogens with zero attached hydrogens (tertiary/aromatic N) is 3. The second-order valence-corrected chi connectivity index (χ2v) is 6.38. The lowest BCUT2D eigenvalue weighted by atomic mass is 10.1. The highest BCUT2D eigenvalue weighted by molar-refractivity contribution is 9.10. The van der Waals surface area contributed by atoms with Gasteiger partial charge in [-0.2, -0.15) is 0 Å². The number of alkyl halides is 1. The quantitative estimate of drug-likeness (QED) is 0.581. The number of hydrogen-bond donors (Lipinski definition) is 0. The number of benzene rings is 1. The molecule has 1 atom stereocenters. The van der Waals surface area contributed by atoms with Crippen LogP contribution in [-0.2, 0) is 5.88 Å². The van der Waals surface area contributed by atoms with Gasteiger partial charge in [0.05, 0.1) is 16.9 Å². The molecule has 0 N–H and O–H groups in total. The molecule has 3 aromatic rings. The Bertz CT molecular complexity index is 801. The van der Waals surface area contributed by atoms with Crippen LogP contribution in [0.4, 0.5) is 0 Å². The highest BCUT2D eigenvalue weighted by Gasteiger charge is 2.18. The van der Waals surface area contributed by atoms with Gasteiger partial charge in [0.25, 0.3) is 0 Å². The van der Waals surface area contributed by atoms with E-state index in [2.05, 4.69) is 49.5 Å². The second kappa shape index (κ2) is 5.95. The molecule has 0 fully saturated rings. The molecule has 3 rings (SSSR count). The van der Waals surface area contributed by atoms with Crippen molar-refractivity contribution in [3.8, 4) is 0 Å². The largest absolute Gasteiger partial charge is 0.304 e. The number of aromatic nitrogens is 3. The van der Waals surface area contributed by atoms with Crippen LogP contribution in [0.5, 0.6) is 0 Å². The molecule has 0 aliphatic carbocycles. The van der Waals surface area contributed by atoms with E-state index in [1.807, 2.05) is 18.2 Å². The van der Waals surface area contributed by atoms with Gasteiger partial charge in [-0.3, -0.25) is 0 Å². The third kappa shape index (κ3) is 2.80. The number of rotatable bonds is 3. The molecule has 0 saturated heterocycles. The van der Waals surface area contributed by atoms with Gasteiger partial charge in [-0.05, 0) is 30.7 Å². The molecule has 0 aliphatic rings. The van der Waals surface area contributed by atoms with Crippen molar-refractivity contribution < 1.29 is 0 Å². The van der Waals surface area contributed by atoms with Gasteiger partial charge in [0, 0.05) is 10.7 Å². The Morgan fingerprint density at radius 3 is 2.86 bits per heavy atom. The van der Waals surface area contributed by atoms with Crippen molar-refractivity contribution in [2.75, 3.05) is 0 Å². The number of hydrogen-bond acceptors (Lipinski definition) is 2. The van der Waals surface area contributed by atoms with E-state index in [4.69, 9.17) is 23.2 Å². The van der Waals surface area contributed by atoms with Gasteiger partial charge >= 0.3 is 0 Å². The minimum absolute atomic E-state index is 0.0786. The van der Waals surface area contributed by atoms with Gasteiger partial charge in [0.2, 0.25) is 0 Å². The fraction of sp³-hybridized carbons (Fsp3) is 0.200. The topological polar surface area (TPSA) is 30.7 Å². The molecule has 21 heavy (non-hydrogen) atoms. The zero-order valence-corrected chi connectivity index (χ0v) is 14.3. The summed E-state index contributed by atoms with van der Waals surface area (Å²) in [5, 5.41) is 0.573. The number of pyridine rings is 1. The zero-order valence-electron chi connectivity index (χ0n) is 11.2. The van der Waals surface area contributed by atoms with Crippen LogP contribution in [0.15, 0.2) is 41.0 Å². The lowest BCUT2D eigenvalue weighted by Crippen LogP contribution is -2.10. The summed E-state index contributed by atoms with van der Waals surface area (Å²) in [6.07, 6.45) is 1.63. The molecule has 2 aromatic heterocycles. The first kappa shape index (κ1) is 14.8. The third-order valence-corrected chi connectivity index (χ3v) is 4.35. The maximum Gasteiger partial charge on any atom is 0.160 e.